The lowest BCUT2D eigenvalue weighted by atomic mass is 10.1. The number of benzene rings is 1. The van der Waals surface area contributed by atoms with Crippen LogP contribution in [0.2, 0.25) is 0 Å². The molecule has 0 saturated carbocycles. The second-order valence-corrected chi connectivity index (χ2v) is 10.4. The molecule has 0 bridgehead atoms. The Balaban J connectivity index is 1.03. The highest BCUT2D eigenvalue weighted by Crippen LogP contribution is 2.25. The Kier molecular flexibility index (Phi) is 8.83. The van der Waals surface area contributed by atoms with Crippen LogP contribution >= 0.6 is 0 Å². The number of pyridine rings is 1. The monoisotopic (exact) mass is 553 g/mol. The van der Waals surface area contributed by atoms with Gasteiger partial charge < -0.3 is 28.6 Å². The summed E-state index contributed by atoms with van der Waals surface area (Å²) in [6.45, 7) is 5.77. The summed E-state index contributed by atoms with van der Waals surface area (Å²) in [5.74, 6) is 7.95. The van der Waals surface area contributed by atoms with E-state index in [4.69, 9.17) is 18.7 Å². The molecular formula is C32H35N5O4. The van der Waals surface area contributed by atoms with Crippen molar-refractivity contribution in [3.8, 4) is 23.2 Å². The number of hydrogen-bond acceptors (Lipinski definition) is 8. The topological polar surface area (TPSA) is 96.5 Å². The normalized spacial score (nSPS) is 19.2. The quantitative estimate of drug-likeness (QED) is 0.278. The van der Waals surface area contributed by atoms with Crippen molar-refractivity contribution in [3.63, 3.8) is 0 Å². The Bertz CT molecular complexity index is 1460. The van der Waals surface area contributed by atoms with Gasteiger partial charge in [0.15, 0.2) is 12.1 Å². The summed E-state index contributed by atoms with van der Waals surface area (Å²) in [5.41, 5.74) is 4.54. The molecule has 2 fully saturated rings. The van der Waals surface area contributed by atoms with Crippen molar-refractivity contribution in [2.45, 2.75) is 64.2 Å². The summed E-state index contributed by atoms with van der Waals surface area (Å²) in [4.78, 5) is 9.03. The molecule has 2 aliphatic rings. The molecule has 3 aromatic heterocycles. The smallest absolute Gasteiger partial charge is 0.167 e. The van der Waals surface area contributed by atoms with Crippen LogP contribution in [-0.4, -0.2) is 51.8 Å². The van der Waals surface area contributed by atoms with Gasteiger partial charge in [0.25, 0.3) is 0 Å². The van der Waals surface area contributed by atoms with Crippen LogP contribution < -0.4 is 5.32 Å². The standard InChI is InChI=1S/C32H35N5O4/c1-23(40-31-4-2-3-16-39-31)32-34-14-15-37(32)22-28-18-30(41-36-28)26-10-7-24(8-11-26)5-6-25-9-12-27(35-19-25)20-33-21-29-13-17-38-29/h7-12,14-15,18-19,23,29,31,33H,2-4,13,16-17,20-22H2,1H3/t23-,29?,31?/m0/s1. The average molecular weight is 554 g/mol. The second kappa shape index (κ2) is 13.2. The molecule has 4 aromatic rings. The largest absolute Gasteiger partial charge is 0.377 e. The molecule has 41 heavy (non-hydrogen) atoms. The first-order valence-corrected chi connectivity index (χ1v) is 14.3. The van der Waals surface area contributed by atoms with E-state index < -0.39 is 0 Å². The van der Waals surface area contributed by atoms with Crippen LogP contribution in [0.1, 0.15) is 67.1 Å². The van der Waals surface area contributed by atoms with Gasteiger partial charge in [0.1, 0.15) is 17.6 Å². The molecule has 2 aliphatic heterocycles. The van der Waals surface area contributed by atoms with Crippen LogP contribution in [0.3, 0.4) is 0 Å². The van der Waals surface area contributed by atoms with Crippen LogP contribution in [0.25, 0.3) is 11.3 Å². The predicted octanol–water partition coefficient (Wildman–Crippen LogP) is 4.86. The van der Waals surface area contributed by atoms with E-state index in [9.17, 15) is 0 Å². The Morgan fingerprint density at radius 1 is 1.00 bits per heavy atom. The number of nitrogens with zero attached hydrogens (tertiary/aromatic N) is 4. The Labute approximate surface area is 240 Å². The Morgan fingerprint density at radius 3 is 2.61 bits per heavy atom. The fraction of sp³-hybridized carbons (Fsp3) is 0.406. The summed E-state index contributed by atoms with van der Waals surface area (Å²) >= 11 is 0. The van der Waals surface area contributed by atoms with Gasteiger partial charge in [-0.15, -0.1) is 0 Å². The molecule has 0 aliphatic carbocycles. The van der Waals surface area contributed by atoms with E-state index in [0.717, 1.165) is 85.9 Å². The van der Waals surface area contributed by atoms with Crippen molar-refractivity contribution in [2.24, 2.45) is 0 Å². The van der Waals surface area contributed by atoms with Gasteiger partial charge in [0.05, 0.1) is 18.3 Å². The maximum Gasteiger partial charge on any atom is 0.167 e. The zero-order chi connectivity index (χ0) is 27.9. The minimum atomic E-state index is -0.184. The molecule has 1 aromatic carbocycles. The second-order valence-electron chi connectivity index (χ2n) is 10.4. The molecule has 9 nitrogen and oxygen atoms in total. The average Bonchev–Trinajstić information content (AvgIpc) is 3.65. The van der Waals surface area contributed by atoms with Crippen molar-refractivity contribution in [2.75, 3.05) is 19.8 Å². The third kappa shape index (κ3) is 7.29. The number of imidazole rings is 1. The van der Waals surface area contributed by atoms with Crippen LogP contribution in [-0.2, 0) is 27.3 Å². The first-order valence-electron chi connectivity index (χ1n) is 14.3. The molecule has 0 radical (unpaired) electrons. The minimum Gasteiger partial charge on any atom is -0.377 e. The van der Waals surface area contributed by atoms with E-state index in [1.54, 1.807) is 6.20 Å². The summed E-state index contributed by atoms with van der Waals surface area (Å²) in [5, 5.41) is 7.67. The predicted molar refractivity (Wildman–Crippen MR) is 153 cm³/mol. The SMILES string of the molecule is C[C@H](OC1CCCCO1)c1nccn1Cc1cc(-c2ccc(C#Cc3ccc(CNCC4CCO4)nc3)cc2)on1. The van der Waals surface area contributed by atoms with Gasteiger partial charge in [-0.05, 0) is 69.0 Å². The van der Waals surface area contributed by atoms with Gasteiger partial charge in [-0.2, -0.15) is 0 Å². The van der Waals surface area contributed by atoms with Crippen molar-refractivity contribution >= 4 is 0 Å². The van der Waals surface area contributed by atoms with E-state index in [2.05, 4.69) is 32.3 Å². The zero-order valence-electron chi connectivity index (χ0n) is 23.3. The van der Waals surface area contributed by atoms with E-state index in [-0.39, 0.29) is 12.4 Å². The summed E-state index contributed by atoms with van der Waals surface area (Å²) < 4.78 is 25.0. The molecule has 2 saturated heterocycles. The summed E-state index contributed by atoms with van der Waals surface area (Å²) in [7, 11) is 0. The molecule has 0 amide bonds. The number of ether oxygens (including phenoxy) is 3. The molecule has 9 heteroatoms. The lowest BCUT2D eigenvalue weighted by molar-refractivity contribution is -0.188. The van der Waals surface area contributed by atoms with Crippen molar-refractivity contribution in [1.29, 1.82) is 0 Å². The third-order valence-electron chi connectivity index (χ3n) is 7.31. The molecule has 0 spiro atoms. The third-order valence-corrected chi connectivity index (χ3v) is 7.31. The Hall–Kier alpha value is -3.81. The zero-order valence-corrected chi connectivity index (χ0v) is 23.3. The fourth-order valence-corrected chi connectivity index (χ4v) is 4.89. The van der Waals surface area contributed by atoms with Gasteiger partial charge in [0.2, 0.25) is 0 Å². The van der Waals surface area contributed by atoms with Crippen LogP contribution in [0.4, 0.5) is 0 Å². The number of aromatic nitrogens is 4. The van der Waals surface area contributed by atoms with Gasteiger partial charge >= 0.3 is 0 Å². The number of nitrogens with one attached hydrogen (secondary N) is 1. The van der Waals surface area contributed by atoms with Gasteiger partial charge in [-0.1, -0.05) is 17.0 Å². The maximum atomic E-state index is 6.11. The van der Waals surface area contributed by atoms with E-state index in [1.165, 1.54) is 0 Å². The summed E-state index contributed by atoms with van der Waals surface area (Å²) in [6, 6.07) is 13.9. The van der Waals surface area contributed by atoms with Crippen molar-refractivity contribution in [3.05, 3.63) is 89.4 Å². The molecular weight excluding hydrogens is 518 g/mol. The molecule has 5 heterocycles. The van der Waals surface area contributed by atoms with Gasteiger partial charge in [-0.3, -0.25) is 4.98 Å². The number of hydrogen-bond donors (Lipinski definition) is 1. The van der Waals surface area contributed by atoms with E-state index in [0.29, 0.717) is 18.4 Å². The first kappa shape index (κ1) is 27.4. The molecule has 2 unspecified atom stereocenters. The van der Waals surface area contributed by atoms with Crippen molar-refractivity contribution < 1.29 is 18.7 Å². The highest BCUT2D eigenvalue weighted by molar-refractivity contribution is 5.59. The minimum absolute atomic E-state index is 0.169. The molecule has 3 atom stereocenters. The van der Waals surface area contributed by atoms with Crippen LogP contribution in [0.15, 0.2) is 65.6 Å². The lowest BCUT2D eigenvalue weighted by Crippen LogP contribution is -2.36. The van der Waals surface area contributed by atoms with Gasteiger partial charge in [-0.25, -0.2) is 4.98 Å². The summed E-state index contributed by atoms with van der Waals surface area (Å²) in [6.07, 6.45) is 9.80. The molecule has 1 N–H and O–H groups in total. The molecule has 6 rings (SSSR count). The highest BCUT2D eigenvalue weighted by atomic mass is 16.7. The lowest BCUT2D eigenvalue weighted by Gasteiger charge is -2.26. The van der Waals surface area contributed by atoms with Crippen LogP contribution in [0.5, 0.6) is 0 Å². The van der Waals surface area contributed by atoms with E-state index >= 15 is 0 Å². The Morgan fingerprint density at radius 2 is 1.85 bits per heavy atom. The van der Waals surface area contributed by atoms with Gasteiger partial charge in [0, 0.05) is 67.7 Å². The highest BCUT2D eigenvalue weighted by Gasteiger charge is 2.21. The van der Waals surface area contributed by atoms with E-state index in [1.807, 2.05) is 66.3 Å². The first-order chi connectivity index (χ1) is 20.2. The van der Waals surface area contributed by atoms with Crippen LogP contribution in [0, 0.1) is 11.8 Å². The number of rotatable bonds is 10. The fourth-order valence-electron chi connectivity index (χ4n) is 4.89. The van der Waals surface area contributed by atoms with Crippen molar-refractivity contribution in [1.82, 2.24) is 25.0 Å². The maximum absolute atomic E-state index is 6.11. The molecule has 212 valence electrons.